The van der Waals surface area contributed by atoms with Gasteiger partial charge < -0.3 is 5.32 Å². The van der Waals surface area contributed by atoms with E-state index in [4.69, 9.17) is 0 Å². The number of carbonyl (C=O) groups excluding carboxylic acids is 3. The molecule has 0 unspecified atom stereocenters. The number of hydrogen-bond donors (Lipinski definition) is 1. The SMILES string of the molecule is C[C@@H](C(=O)NCCC1=CCCCC1)N1C(=O)c2ccccc2C1=O. The van der Waals surface area contributed by atoms with Crippen molar-refractivity contribution in [2.24, 2.45) is 0 Å². The number of benzene rings is 1. The minimum absolute atomic E-state index is 0.291. The standard InChI is InChI=1S/C19H22N2O3/c1-13(17(22)20-12-11-14-7-3-2-4-8-14)21-18(23)15-9-5-6-10-16(15)19(21)24/h5-7,9-10,13H,2-4,8,11-12H2,1H3,(H,20,22)/t13-/m0/s1. The van der Waals surface area contributed by atoms with Crippen molar-refractivity contribution in [2.45, 2.75) is 45.1 Å². The monoisotopic (exact) mass is 326 g/mol. The van der Waals surface area contributed by atoms with E-state index in [1.807, 2.05) is 0 Å². The topological polar surface area (TPSA) is 66.5 Å². The number of nitrogens with one attached hydrogen (secondary N) is 1. The van der Waals surface area contributed by atoms with Crippen LogP contribution in [-0.2, 0) is 4.79 Å². The lowest BCUT2D eigenvalue weighted by Gasteiger charge is -2.22. The molecular weight excluding hydrogens is 304 g/mol. The van der Waals surface area contributed by atoms with Crippen LogP contribution in [0.1, 0.15) is 59.7 Å². The van der Waals surface area contributed by atoms with Gasteiger partial charge in [0, 0.05) is 6.54 Å². The molecule has 24 heavy (non-hydrogen) atoms. The fraction of sp³-hybridized carbons (Fsp3) is 0.421. The van der Waals surface area contributed by atoms with E-state index >= 15 is 0 Å². The van der Waals surface area contributed by atoms with Gasteiger partial charge in [-0.05, 0) is 51.2 Å². The second-order valence-corrected chi connectivity index (χ2v) is 6.35. The number of nitrogens with zero attached hydrogens (tertiary/aromatic N) is 1. The normalized spacial score (nSPS) is 18.2. The van der Waals surface area contributed by atoms with Gasteiger partial charge in [-0.2, -0.15) is 0 Å². The van der Waals surface area contributed by atoms with Crippen LogP contribution < -0.4 is 5.32 Å². The first-order valence-electron chi connectivity index (χ1n) is 8.52. The Labute approximate surface area is 141 Å². The van der Waals surface area contributed by atoms with Crippen molar-refractivity contribution in [3.05, 3.63) is 47.0 Å². The molecule has 0 spiro atoms. The van der Waals surface area contributed by atoms with E-state index in [0.717, 1.165) is 24.2 Å². The molecule has 1 atom stereocenters. The lowest BCUT2D eigenvalue weighted by molar-refractivity contribution is -0.124. The largest absolute Gasteiger partial charge is 0.354 e. The fourth-order valence-corrected chi connectivity index (χ4v) is 3.30. The summed E-state index contributed by atoms with van der Waals surface area (Å²) in [5, 5.41) is 2.85. The van der Waals surface area contributed by atoms with E-state index in [-0.39, 0.29) is 5.91 Å². The van der Waals surface area contributed by atoms with Crippen molar-refractivity contribution < 1.29 is 14.4 Å². The van der Waals surface area contributed by atoms with Crippen molar-refractivity contribution in [1.82, 2.24) is 10.2 Å². The summed E-state index contributed by atoms with van der Waals surface area (Å²) in [7, 11) is 0. The van der Waals surface area contributed by atoms with Crippen LogP contribution in [0.25, 0.3) is 0 Å². The zero-order valence-corrected chi connectivity index (χ0v) is 13.9. The van der Waals surface area contributed by atoms with Crippen LogP contribution in [0.2, 0.25) is 0 Å². The number of amides is 3. The Morgan fingerprint density at radius 2 is 1.83 bits per heavy atom. The average Bonchev–Trinajstić information content (AvgIpc) is 2.86. The van der Waals surface area contributed by atoms with E-state index in [9.17, 15) is 14.4 Å². The lowest BCUT2D eigenvalue weighted by Crippen LogP contribution is -2.48. The second-order valence-electron chi connectivity index (χ2n) is 6.35. The molecule has 0 aromatic heterocycles. The predicted octanol–water partition coefficient (Wildman–Crippen LogP) is 2.68. The number of hydrogen-bond acceptors (Lipinski definition) is 3. The molecule has 3 amide bonds. The maximum Gasteiger partial charge on any atom is 0.262 e. The van der Waals surface area contributed by atoms with Gasteiger partial charge in [-0.15, -0.1) is 0 Å². The number of carbonyl (C=O) groups is 3. The highest BCUT2D eigenvalue weighted by Gasteiger charge is 2.40. The first kappa shape index (κ1) is 16.4. The molecule has 5 nitrogen and oxygen atoms in total. The maximum absolute atomic E-state index is 12.4. The highest BCUT2D eigenvalue weighted by molar-refractivity contribution is 6.22. The number of rotatable bonds is 5. The van der Waals surface area contributed by atoms with Crippen molar-refractivity contribution in [2.75, 3.05) is 6.54 Å². The molecule has 0 bridgehead atoms. The highest BCUT2D eigenvalue weighted by Crippen LogP contribution is 2.24. The van der Waals surface area contributed by atoms with Crippen LogP contribution in [0.15, 0.2) is 35.9 Å². The van der Waals surface area contributed by atoms with Crippen LogP contribution in [0.5, 0.6) is 0 Å². The molecule has 3 rings (SSSR count). The van der Waals surface area contributed by atoms with Crippen LogP contribution in [0.4, 0.5) is 0 Å². The summed E-state index contributed by atoms with van der Waals surface area (Å²) in [5.41, 5.74) is 2.12. The molecule has 1 aliphatic carbocycles. The molecule has 1 heterocycles. The summed E-state index contributed by atoms with van der Waals surface area (Å²) in [4.78, 5) is 38.2. The maximum atomic E-state index is 12.4. The Morgan fingerprint density at radius 1 is 1.17 bits per heavy atom. The Morgan fingerprint density at radius 3 is 2.42 bits per heavy atom. The van der Waals surface area contributed by atoms with Crippen molar-refractivity contribution in [1.29, 1.82) is 0 Å². The van der Waals surface area contributed by atoms with Crippen molar-refractivity contribution in [3.8, 4) is 0 Å². The summed E-state index contributed by atoms with van der Waals surface area (Å²) in [6.45, 7) is 2.13. The molecule has 126 valence electrons. The molecule has 0 fully saturated rings. The van der Waals surface area contributed by atoms with Crippen LogP contribution in [0, 0.1) is 0 Å². The summed E-state index contributed by atoms with van der Waals surface area (Å²) in [5.74, 6) is -1.08. The van der Waals surface area contributed by atoms with E-state index in [1.54, 1.807) is 31.2 Å². The summed E-state index contributed by atoms with van der Waals surface area (Å²) in [6.07, 6.45) is 7.76. The van der Waals surface area contributed by atoms with Crippen molar-refractivity contribution >= 4 is 17.7 Å². The van der Waals surface area contributed by atoms with Gasteiger partial charge in [0.25, 0.3) is 11.8 Å². The molecule has 0 saturated heterocycles. The molecule has 5 heteroatoms. The minimum Gasteiger partial charge on any atom is -0.354 e. The van der Waals surface area contributed by atoms with Gasteiger partial charge in [0.15, 0.2) is 0 Å². The summed E-state index contributed by atoms with van der Waals surface area (Å²) < 4.78 is 0. The molecule has 1 N–H and O–H groups in total. The Bertz CT molecular complexity index is 673. The minimum atomic E-state index is -0.808. The highest BCUT2D eigenvalue weighted by atomic mass is 16.2. The zero-order chi connectivity index (χ0) is 17.1. The third kappa shape index (κ3) is 3.11. The van der Waals surface area contributed by atoms with Crippen LogP contribution in [-0.4, -0.2) is 35.2 Å². The fourth-order valence-electron chi connectivity index (χ4n) is 3.30. The molecule has 1 aromatic rings. The average molecular weight is 326 g/mol. The van der Waals surface area contributed by atoms with Gasteiger partial charge in [-0.25, -0.2) is 0 Å². The third-order valence-corrected chi connectivity index (χ3v) is 4.72. The quantitative estimate of drug-likeness (QED) is 0.668. The molecule has 0 radical (unpaired) electrons. The van der Waals surface area contributed by atoms with Crippen molar-refractivity contribution in [3.63, 3.8) is 0 Å². The Hall–Kier alpha value is -2.43. The van der Waals surface area contributed by atoms with E-state index in [1.165, 1.54) is 18.4 Å². The molecule has 2 aliphatic rings. The second kappa shape index (κ2) is 6.99. The Kier molecular flexibility index (Phi) is 4.79. The van der Waals surface area contributed by atoms with Crippen LogP contribution in [0.3, 0.4) is 0 Å². The Balaban J connectivity index is 1.59. The smallest absolute Gasteiger partial charge is 0.262 e. The van der Waals surface area contributed by atoms with Gasteiger partial charge in [-0.1, -0.05) is 23.8 Å². The van der Waals surface area contributed by atoms with E-state index in [2.05, 4.69) is 11.4 Å². The van der Waals surface area contributed by atoms with Crippen LogP contribution >= 0.6 is 0 Å². The number of fused-ring (bicyclic) bond motifs is 1. The van der Waals surface area contributed by atoms with Gasteiger partial charge in [-0.3, -0.25) is 19.3 Å². The first-order valence-corrected chi connectivity index (χ1v) is 8.52. The number of imide groups is 1. The van der Waals surface area contributed by atoms with Gasteiger partial charge in [0.1, 0.15) is 6.04 Å². The predicted molar refractivity (Wildman–Crippen MR) is 90.6 cm³/mol. The third-order valence-electron chi connectivity index (χ3n) is 4.72. The van der Waals surface area contributed by atoms with Gasteiger partial charge in [0.2, 0.25) is 5.91 Å². The van der Waals surface area contributed by atoms with E-state index in [0.29, 0.717) is 17.7 Å². The summed E-state index contributed by atoms with van der Waals surface area (Å²) in [6, 6.07) is 5.87. The van der Waals surface area contributed by atoms with Gasteiger partial charge in [0.05, 0.1) is 11.1 Å². The van der Waals surface area contributed by atoms with E-state index < -0.39 is 17.9 Å². The zero-order valence-electron chi connectivity index (χ0n) is 13.9. The first-order chi connectivity index (χ1) is 11.6. The molecular formula is C19H22N2O3. The molecule has 0 saturated carbocycles. The molecule has 1 aromatic carbocycles. The lowest BCUT2D eigenvalue weighted by atomic mass is 9.97. The molecule has 1 aliphatic heterocycles. The van der Waals surface area contributed by atoms with Gasteiger partial charge >= 0.3 is 0 Å². The number of allylic oxidation sites excluding steroid dienone is 1. The summed E-state index contributed by atoms with van der Waals surface area (Å²) >= 11 is 0.